The Labute approximate surface area is 166 Å². The summed E-state index contributed by atoms with van der Waals surface area (Å²) in [6.07, 6.45) is 7.41. The molecule has 0 aromatic heterocycles. The van der Waals surface area contributed by atoms with E-state index in [1.54, 1.807) is 12.1 Å². The zero-order valence-electron chi connectivity index (χ0n) is 16.3. The summed E-state index contributed by atoms with van der Waals surface area (Å²) in [6, 6.07) is 12.8. The smallest absolute Gasteiger partial charge is 0.255 e. The molecule has 0 atom stereocenters. The molecule has 4 rings (SSSR count). The van der Waals surface area contributed by atoms with E-state index >= 15 is 0 Å². The van der Waals surface area contributed by atoms with Gasteiger partial charge in [0, 0.05) is 30.2 Å². The topological polar surface area (TPSA) is 56.8 Å². The largest absolute Gasteiger partial charge is 0.494 e. The van der Waals surface area contributed by atoms with Gasteiger partial charge < -0.3 is 19.5 Å². The highest BCUT2D eigenvalue weighted by Crippen LogP contribution is 2.46. The van der Waals surface area contributed by atoms with Crippen LogP contribution in [0.1, 0.15) is 62.2 Å². The summed E-state index contributed by atoms with van der Waals surface area (Å²) < 4.78 is 17.9. The average Bonchev–Trinajstić information content (AvgIpc) is 3.05. The van der Waals surface area contributed by atoms with E-state index < -0.39 is 5.79 Å². The number of nitrogens with one attached hydrogen (secondary N) is 1. The predicted molar refractivity (Wildman–Crippen MR) is 108 cm³/mol. The lowest BCUT2D eigenvalue weighted by molar-refractivity contribution is -0.105. The Morgan fingerprint density at radius 1 is 1.04 bits per heavy atom. The van der Waals surface area contributed by atoms with Crippen molar-refractivity contribution in [2.75, 3.05) is 11.9 Å². The normalized spacial score (nSPS) is 16.8. The summed E-state index contributed by atoms with van der Waals surface area (Å²) in [6.45, 7) is 2.82. The van der Waals surface area contributed by atoms with Crippen molar-refractivity contribution >= 4 is 11.6 Å². The molecular weight excluding hydrogens is 354 g/mol. The molecule has 1 aliphatic heterocycles. The molecule has 1 amide bonds. The molecule has 2 aliphatic rings. The van der Waals surface area contributed by atoms with Crippen LogP contribution in [-0.2, 0) is 0 Å². The molecule has 1 N–H and O–H groups in total. The van der Waals surface area contributed by atoms with Crippen LogP contribution in [0.25, 0.3) is 0 Å². The van der Waals surface area contributed by atoms with E-state index in [0.29, 0.717) is 23.6 Å². The van der Waals surface area contributed by atoms with Crippen LogP contribution in [0.3, 0.4) is 0 Å². The van der Waals surface area contributed by atoms with Crippen molar-refractivity contribution in [3.63, 3.8) is 0 Å². The Morgan fingerprint density at radius 3 is 2.54 bits per heavy atom. The SMILES string of the molecule is CCCCOc1ccc(C(=O)Nc2ccc3c(c2)OC2(CCCCC2)O3)cc1. The molecule has 28 heavy (non-hydrogen) atoms. The van der Waals surface area contributed by atoms with Crippen molar-refractivity contribution in [1.82, 2.24) is 0 Å². The van der Waals surface area contributed by atoms with Crippen molar-refractivity contribution in [3.05, 3.63) is 48.0 Å². The number of carbonyl (C=O) groups is 1. The molecule has 5 heteroatoms. The van der Waals surface area contributed by atoms with Gasteiger partial charge in [0.15, 0.2) is 11.5 Å². The first-order chi connectivity index (χ1) is 13.7. The monoisotopic (exact) mass is 381 g/mol. The number of amides is 1. The molecule has 0 unspecified atom stereocenters. The fourth-order valence-electron chi connectivity index (χ4n) is 3.71. The van der Waals surface area contributed by atoms with Crippen LogP contribution in [0.15, 0.2) is 42.5 Å². The third-order valence-electron chi connectivity index (χ3n) is 5.29. The minimum Gasteiger partial charge on any atom is -0.494 e. The fourth-order valence-corrected chi connectivity index (χ4v) is 3.71. The summed E-state index contributed by atoms with van der Waals surface area (Å²) in [4.78, 5) is 12.6. The van der Waals surface area contributed by atoms with Gasteiger partial charge in [0.25, 0.3) is 11.7 Å². The molecule has 0 saturated heterocycles. The zero-order valence-corrected chi connectivity index (χ0v) is 16.3. The minimum atomic E-state index is -0.503. The van der Waals surface area contributed by atoms with Gasteiger partial charge >= 0.3 is 0 Å². The van der Waals surface area contributed by atoms with E-state index in [0.717, 1.165) is 50.0 Å². The summed E-state index contributed by atoms with van der Waals surface area (Å²) in [7, 11) is 0. The van der Waals surface area contributed by atoms with E-state index in [-0.39, 0.29) is 5.91 Å². The van der Waals surface area contributed by atoms with Gasteiger partial charge in [-0.1, -0.05) is 19.8 Å². The maximum atomic E-state index is 12.6. The van der Waals surface area contributed by atoms with Crippen LogP contribution >= 0.6 is 0 Å². The second-order valence-corrected chi connectivity index (χ2v) is 7.52. The standard InChI is InChI=1S/C23H27NO4/c1-2-3-15-26-19-10-7-17(8-11-19)22(25)24-18-9-12-20-21(16-18)28-23(27-20)13-5-4-6-14-23/h7-12,16H,2-6,13-15H2,1H3,(H,24,25). The van der Waals surface area contributed by atoms with Gasteiger partial charge in [-0.25, -0.2) is 0 Å². The number of hydrogen-bond acceptors (Lipinski definition) is 4. The molecule has 1 aliphatic carbocycles. The van der Waals surface area contributed by atoms with Crippen molar-refractivity contribution in [1.29, 1.82) is 0 Å². The maximum absolute atomic E-state index is 12.6. The van der Waals surface area contributed by atoms with Crippen molar-refractivity contribution < 1.29 is 19.0 Å². The molecule has 1 spiro atoms. The number of carbonyl (C=O) groups excluding carboxylic acids is 1. The van der Waals surface area contributed by atoms with Crippen molar-refractivity contribution in [2.45, 2.75) is 57.7 Å². The molecule has 5 nitrogen and oxygen atoms in total. The number of ether oxygens (including phenoxy) is 3. The van der Waals surface area contributed by atoms with E-state index in [4.69, 9.17) is 14.2 Å². The van der Waals surface area contributed by atoms with Crippen molar-refractivity contribution in [3.8, 4) is 17.2 Å². The first kappa shape index (κ1) is 18.7. The number of unbranched alkanes of at least 4 members (excludes halogenated alkanes) is 1. The fraction of sp³-hybridized carbons (Fsp3) is 0.435. The molecule has 1 fully saturated rings. The van der Waals surface area contributed by atoms with E-state index in [2.05, 4.69) is 12.2 Å². The third-order valence-corrected chi connectivity index (χ3v) is 5.29. The number of hydrogen-bond donors (Lipinski definition) is 1. The van der Waals surface area contributed by atoms with Gasteiger partial charge in [0.05, 0.1) is 6.61 Å². The number of benzene rings is 2. The highest BCUT2D eigenvalue weighted by molar-refractivity contribution is 6.04. The zero-order chi connectivity index (χ0) is 19.4. The minimum absolute atomic E-state index is 0.161. The molecule has 1 saturated carbocycles. The maximum Gasteiger partial charge on any atom is 0.255 e. The van der Waals surface area contributed by atoms with Crippen LogP contribution in [-0.4, -0.2) is 18.3 Å². The lowest BCUT2D eigenvalue weighted by atomic mass is 9.94. The number of fused-ring (bicyclic) bond motifs is 1. The van der Waals surface area contributed by atoms with Gasteiger partial charge in [0.2, 0.25) is 0 Å². The average molecular weight is 381 g/mol. The third kappa shape index (κ3) is 4.08. The van der Waals surface area contributed by atoms with Gasteiger partial charge in [-0.15, -0.1) is 0 Å². The Hall–Kier alpha value is -2.69. The van der Waals surface area contributed by atoms with Crippen LogP contribution in [0.4, 0.5) is 5.69 Å². The van der Waals surface area contributed by atoms with Gasteiger partial charge in [-0.05, 0) is 55.7 Å². The Morgan fingerprint density at radius 2 is 1.79 bits per heavy atom. The molecule has 2 aromatic rings. The van der Waals surface area contributed by atoms with Crippen LogP contribution in [0.5, 0.6) is 17.2 Å². The van der Waals surface area contributed by atoms with E-state index in [9.17, 15) is 4.79 Å². The lowest BCUT2D eigenvalue weighted by Crippen LogP contribution is -2.40. The lowest BCUT2D eigenvalue weighted by Gasteiger charge is -2.31. The molecule has 148 valence electrons. The quantitative estimate of drug-likeness (QED) is 0.667. The Kier molecular flexibility index (Phi) is 5.42. The number of anilines is 1. The van der Waals surface area contributed by atoms with E-state index in [1.165, 1.54) is 6.42 Å². The molecule has 1 heterocycles. The van der Waals surface area contributed by atoms with E-state index in [1.807, 2.05) is 30.3 Å². The van der Waals surface area contributed by atoms with Crippen LogP contribution < -0.4 is 19.5 Å². The molecular formula is C23H27NO4. The van der Waals surface area contributed by atoms with Crippen LogP contribution in [0, 0.1) is 0 Å². The first-order valence-corrected chi connectivity index (χ1v) is 10.2. The predicted octanol–water partition coefficient (Wildman–Crippen LogP) is 5.55. The first-order valence-electron chi connectivity index (χ1n) is 10.2. The Bertz CT molecular complexity index is 825. The number of rotatable bonds is 6. The molecule has 2 aromatic carbocycles. The van der Waals surface area contributed by atoms with Crippen molar-refractivity contribution in [2.24, 2.45) is 0 Å². The Balaban J connectivity index is 1.39. The summed E-state index contributed by atoms with van der Waals surface area (Å²) in [5, 5.41) is 2.94. The molecule has 0 radical (unpaired) electrons. The van der Waals surface area contributed by atoms with Gasteiger partial charge in [0.1, 0.15) is 5.75 Å². The van der Waals surface area contributed by atoms with Crippen LogP contribution in [0.2, 0.25) is 0 Å². The second-order valence-electron chi connectivity index (χ2n) is 7.52. The summed E-state index contributed by atoms with van der Waals surface area (Å²) in [5.74, 6) is 1.58. The van der Waals surface area contributed by atoms with Gasteiger partial charge in [-0.3, -0.25) is 4.79 Å². The summed E-state index contributed by atoms with van der Waals surface area (Å²) in [5.41, 5.74) is 1.28. The highest BCUT2D eigenvalue weighted by Gasteiger charge is 2.42. The van der Waals surface area contributed by atoms with Gasteiger partial charge in [-0.2, -0.15) is 0 Å². The molecule has 0 bridgehead atoms. The summed E-state index contributed by atoms with van der Waals surface area (Å²) >= 11 is 0. The second kappa shape index (κ2) is 8.13. The highest BCUT2D eigenvalue weighted by atomic mass is 16.7.